The second kappa shape index (κ2) is 25.9. The van der Waals surface area contributed by atoms with Gasteiger partial charge in [0.25, 0.3) is 0 Å². The predicted molar refractivity (Wildman–Crippen MR) is 241 cm³/mol. The van der Waals surface area contributed by atoms with Crippen LogP contribution in [0, 0.1) is 0 Å². The van der Waals surface area contributed by atoms with Crippen molar-refractivity contribution in [1.82, 2.24) is 39.8 Å². The maximum absolute atomic E-state index is 11.6. The van der Waals surface area contributed by atoms with E-state index in [2.05, 4.69) is 95.2 Å². The zero-order valence-corrected chi connectivity index (χ0v) is 37.2. The molecule has 0 aliphatic carbocycles. The van der Waals surface area contributed by atoms with E-state index < -0.39 is 19.0 Å². The number of hydrogen-bond acceptors (Lipinski definition) is 17. The van der Waals surface area contributed by atoms with Crippen molar-refractivity contribution in [3.05, 3.63) is 33.0 Å². The zero-order chi connectivity index (χ0) is 41.6. The Morgan fingerprint density at radius 2 is 1.27 bits per heavy atom. The number of rotatable bonds is 9. The smallest absolute Gasteiger partial charge is 0.376 e. The first-order chi connectivity index (χ1) is 27.3. The van der Waals surface area contributed by atoms with Crippen molar-refractivity contribution in [3.63, 3.8) is 0 Å². The van der Waals surface area contributed by atoms with Gasteiger partial charge in [0.1, 0.15) is 15.0 Å². The van der Waals surface area contributed by atoms with Crippen molar-refractivity contribution in [3.8, 4) is 0 Å². The van der Waals surface area contributed by atoms with Crippen LogP contribution in [-0.4, -0.2) is 174 Å². The summed E-state index contributed by atoms with van der Waals surface area (Å²) in [5, 5.41) is 22.3. The van der Waals surface area contributed by atoms with Crippen molar-refractivity contribution in [2.24, 2.45) is 0 Å². The molecule has 0 aromatic carbocycles. The number of ketones is 1. The van der Waals surface area contributed by atoms with Gasteiger partial charge >= 0.3 is 26.0 Å². The van der Waals surface area contributed by atoms with Gasteiger partial charge in [0, 0.05) is 70.2 Å². The van der Waals surface area contributed by atoms with Gasteiger partial charge in [-0.25, -0.2) is 29.5 Å². The topological polar surface area (TPSA) is 190 Å². The molecule has 2 aromatic rings. The fraction of sp³-hybridized carbons (Fsp3) is 0.711. The molecule has 2 aromatic heterocycles. The lowest BCUT2D eigenvalue weighted by atomic mass is 9.82. The second-order valence-electron chi connectivity index (χ2n) is 14.6. The fourth-order valence-electron chi connectivity index (χ4n) is 7.49. The quantitative estimate of drug-likeness (QED) is 0.243. The van der Waals surface area contributed by atoms with Crippen LogP contribution >= 0.6 is 31.9 Å². The SMILES string of the molecule is C.C.CB(O)N1CCC(=O)CC1.CC[C@H]1CN(c2ncc(C(=O)OC)nc2Br)CCN1.CC[C@H]1CN(c2ncc(C(=O)OC)nc2Br)CCN1C1CCN(B(C)O)CC1. The van der Waals surface area contributed by atoms with Crippen LogP contribution in [0.2, 0.25) is 13.6 Å². The minimum atomic E-state index is -0.487. The normalized spacial score (nSPS) is 20.4. The van der Waals surface area contributed by atoms with Gasteiger partial charge in [-0.05, 0) is 97.4 Å². The van der Waals surface area contributed by atoms with Crippen LogP contribution in [0.4, 0.5) is 11.6 Å². The highest BCUT2D eigenvalue weighted by Crippen LogP contribution is 2.29. The molecular weight excluding hydrogens is 890 g/mol. The van der Waals surface area contributed by atoms with E-state index in [9.17, 15) is 19.4 Å². The summed E-state index contributed by atoms with van der Waals surface area (Å²) in [5.41, 5.74) is 0.411. The molecule has 6 rings (SSSR count). The Morgan fingerprint density at radius 1 is 0.780 bits per heavy atom. The van der Waals surface area contributed by atoms with Crippen LogP contribution in [0.1, 0.15) is 88.2 Å². The number of methoxy groups -OCH3 is 2. The number of Topliss-reactive ketones (excluding diaryl/α,β-unsaturated/α-hetero) is 1. The maximum Gasteiger partial charge on any atom is 0.376 e. The Hall–Kier alpha value is -2.78. The molecular formula is C38H66B2Br2N10O7. The average molecular weight is 956 g/mol. The predicted octanol–water partition coefficient (Wildman–Crippen LogP) is 3.75. The van der Waals surface area contributed by atoms with Crippen LogP contribution in [0.3, 0.4) is 0 Å². The van der Waals surface area contributed by atoms with E-state index in [-0.39, 0.29) is 33.3 Å². The second-order valence-corrected chi connectivity index (χ2v) is 16.1. The first kappa shape index (κ1) is 52.4. The van der Waals surface area contributed by atoms with Gasteiger partial charge in [0.05, 0.1) is 26.6 Å². The minimum Gasteiger partial charge on any atom is -0.464 e. The third-order valence-corrected chi connectivity index (χ3v) is 12.0. The Labute approximate surface area is 368 Å². The number of carbonyl (C=O) groups excluding carboxylic acids is 3. The molecule has 17 nitrogen and oxygen atoms in total. The summed E-state index contributed by atoms with van der Waals surface area (Å²) < 4.78 is 10.5. The highest BCUT2D eigenvalue weighted by atomic mass is 79.9. The Balaban J connectivity index is 0.000000334. The minimum absolute atomic E-state index is 0. The van der Waals surface area contributed by atoms with Crippen LogP contribution in [0.15, 0.2) is 21.6 Å². The van der Waals surface area contributed by atoms with E-state index >= 15 is 0 Å². The zero-order valence-electron chi connectivity index (χ0n) is 34.1. The third-order valence-electron chi connectivity index (χ3n) is 10.9. The van der Waals surface area contributed by atoms with Crippen molar-refractivity contribution in [2.75, 3.05) is 89.5 Å². The number of ether oxygens (including phenoxy) is 2. The molecule has 4 aliphatic heterocycles. The average Bonchev–Trinajstić information content (AvgIpc) is 3.23. The van der Waals surface area contributed by atoms with Crippen LogP contribution < -0.4 is 15.1 Å². The van der Waals surface area contributed by atoms with Gasteiger partial charge in [0.15, 0.2) is 23.0 Å². The van der Waals surface area contributed by atoms with Gasteiger partial charge < -0.3 is 44.3 Å². The molecule has 0 amide bonds. The number of piperidine rings is 2. The Morgan fingerprint density at radius 3 is 1.71 bits per heavy atom. The molecule has 0 saturated carbocycles. The molecule has 0 radical (unpaired) electrons. The van der Waals surface area contributed by atoms with Gasteiger partial charge in [0.2, 0.25) is 0 Å². The van der Waals surface area contributed by atoms with E-state index in [4.69, 9.17) is 9.76 Å². The van der Waals surface area contributed by atoms with Crippen LogP contribution in [-0.2, 0) is 14.3 Å². The van der Waals surface area contributed by atoms with Crippen molar-refractivity contribution >= 4 is 75.3 Å². The highest BCUT2D eigenvalue weighted by Gasteiger charge is 2.35. The lowest BCUT2D eigenvalue weighted by Crippen LogP contribution is -2.59. The third kappa shape index (κ3) is 15.0. The van der Waals surface area contributed by atoms with Gasteiger partial charge in [-0.15, -0.1) is 0 Å². The lowest BCUT2D eigenvalue weighted by molar-refractivity contribution is -0.120. The molecule has 4 saturated heterocycles. The lowest BCUT2D eigenvalue weighted by Gasteiger charge is -2.48. The Kier molecular flexibility index (Phi) is 23.0. The molecule has 330 valence electrons. The number of halogens is 2. The fourth-order valence-corrected chi connectivity index (χ4v) is 8.57. The number of piperazine rings is 2. The molecule has 0 spiro atoms. The molecule has 6 heterocycles. The van der Waals surface area contributed by atoms with Gasteiger partial charge in [-0.2, -0.15) is 0 Å². The molecule has 21 heteroatoms. The monoisotopic (exact) mass is 954 g/mol. The molecule has 3 N–H and O–H groups in total. The summed E-state index contributed by atoms with van der Waals surface area (Å²) in [6, 6.07) is 1.48. The van der Waals surface area contributed by atoms with E-state index in [0.717, 1.165) is 103 Å². The van der Waals surface area contributed by atoms with Crippen LogP contribution in [0.25, 0.3) is 0 Å². The molecule has 2 atom stereocenters. The van der Waals surface area contributed by atoms with Gasteiger partial charge in [-0.3, -0.25) is 9.69 Å². The Bertz CT molecular complexity index is 1620. The number of esters is 2. The number of carbonyl (C=O) groups is 3. The molecule has 4 aliphatic rings. The molecule has 59 heavy (non-hydrogen) atoms. The van der Waals surface area contributed by atoms with E-state index in [1.165, 1.54) is 26.6 Å². The van der Waals surface area contributed by atoms with Crippen molar-refractivity contribution in [1.29, 1.82) is 0 Å². The summed E-state index contributed by atoms with van der Waals surface area (Å²) >= 11 is 6.85. The van der Waals surface area contributed by atoms with Crippen molar-refractivity contribution < 1.29 is 33.9 Å². The van der Waals surface area contributed by atoms with E-state index in [1.807, 2.05) is 11.6 Å². The van der Waals surface area contributed by atoms with Crippen LogP contribution in [0.5, 0.6) is 0 Å². The molecule has 0 unspecified atom stereocenters. The van der Waals surface area contributed by atoms with Crippen molar-refractivity contribution in [2.45, 2.75) is 99.0 Å². The summed E-state index contributed by atoms with van der Waals surface area (Å²) in [6.45, 7) is 16.7. The molecule has 4 fully saturated rings. The number of nitrogens with one attached hydrogen (secondary N) is 1. The molecule has 0 bridgehead atoms. The largest absolute Gasteiger partial charge is 0.464 e. The number of hydrogen-bond donors (Lipinski definition) is 3. The summed E-state index contributed by atoms with van der Waals surface area (Å²) in [6.07, 6.45) is 8.47. The van der Waals surface area contributed by atoms with Gasteiger partial charge in [-0.1, -0.05) is 28.7 Å². The highest BCUT2D eigenvalue weighted by molar-refractivity contribution is 9.10. The standard InChI is InChI=1S/C18H29BBrN5O3.C12H17BrN4O2.C6H12BNO2.2CH4/c1-4-13-12-23(17-16(20)22-15(11-21-17)18(26)28-3)9-10-25(13)14-5-7-24(8-6-14)19(2)27;1-3-8-7-17(5-4-14-8)11-10(13)16-9(6-15-11)12(18)19-2;1-7(10)8-4-2-6(9)3-5-8;;/h11,13-14,27H,4-10,12H2,1-3H3;6,8,14H,3-5,7H2,1-2H3;10H,2-5H2,1H3;2*1H4/t13-;8-;;;/m00.../s1. The maximum atomic E-state index is 11.6. The number of nitrogens with zero attached hydrogens (tertiary/aromatic N) is 9. The first-order valence-electron chi connectivity index (χ1n) is 19.9. The summed E-state index contributed by atoms with van der Waals surface area (Å²) in [4.78, 5) is 62.1. The number of anilines is 2. The summed E-state index contributed by atoms with van der Waals surface area (Å²) in [7, 11) is 1.91. The summed E-state index contributed by atoms with van der Waals surface area (Å²) in [5.74, 6) is 0.894. The van der Waals surface area contributed by atoms with E-state index in [0.29, 0.717) is 46.0 Å². The van der Waals surface area contributed by atoms with E-state index in [1.54, 1.807) is 6.82 Å². The first-order valence-corrected chi connectivity index (χ1v) is 21.4. The number of aromatic nitrogens is 4.